The molecule has 3 aromatic rings. The van der Waals surface area contributed by atoms with E-state index in [0.29, 0.717) is 18.3 Å². The minimum Gasteiger partial charge on any atom is -0.484 e. The van der Waals surface area contributed by atoms with E-state index < -0.39 is 6.10 Å². The number of β-amino-alcohol motifs (C(OH)–C–C–N with tert-alkyl or cyclic N) is 1. The Labute approximate surface area is 199 Å². The number of aliphatic hydroxyl groups is 1. The van der Waals surface area contributed by atoms with Gasteiger partial charge in [-0.1, -0.05) is 24.3 Å². The molecular formula is C26H33N5O3. The molecule has 5 rings (SSSR count). The number of amides is 1. The summed E-state index contributed by atoms with van der Waals surface area (Å²) in [6, 6.07) is 14.6. The molecule has 3 heterocycles. The zero-order valence-electron chi connectivity index (χ0n) is 19.4. The van der Waals surface area contributed by atoms with Gasteiger partial charge in [-0.25, -0.2) is 4.98 Å². The van der Waals surface area contributed by atoms with Crippen molar-refractivity contribution in [3.8, 4) is 5.75 Å². The van der Waals surface area contributed by atoms with E-state index in [0.717, 1.165) is 56.5 Å². The second kappa shape index (κ2) is 10.5. The smallest absolute Gasteiger partial charge is 0.258 e. The summed E-state index contributed by atoms with van der Waals surface area (Å²) >= 11 is 0. The number of ether oxygens (including phenoxy) is 1. The second-order valence-electron chi connectivity index (χ2n) is 9.28. The third-order valence-corrected chi connectivity index (χ3v) is 6.83. The van der Waals surface area contributed by atoms with Crippen LogP contribution in [0.4, 0.5) is 0 Å². The number of rotatable bonds is 8. The third-order valence-electron chi connectivity index (χ3n) is 6.83. The Kier molecular flexibility index (Phi) is 7.08. The fourth-order valence-electron chi connectivity index (χ4n) is 4.98. The Morgan fingerprint density at radius 1 is 1.21 bits per heavy atom. The summed E-state index contributed by atoms with van der Waals surface area (Å²) in [5.74, 6) is 0.404. The minimum atomic E-state index is -0.620. The lowest BCUT2D eigenvalue weighted by Gasteiger charge is -2.30. The molecule has 8 nitrogen and oxygen atoms in total. The van der Waals surface area contributed by atoms with E-state index in [2.05, 4.69) is 49.4 Å². The van der Waals surface area contributed by atoms with Crippen LogP contribution in [0.3, 0.4) is 0 Å². The molecule has 0 saturated carbocycles. The summed E-state index contributed by atoms with van der Waals surface area (Å²) in [6.07, 6.45) is 4.42. The molecule has 2 aliphatic heterocycles. The van der Waals surface area contributed by atoms with Crippen molar-refractivity contribution < 1.29 is 14.6 Å². The molecule has 0 spiro atoms. The Hall–Kier alpha value is -2.94. The van der Waals surface area contributed by atoms with Crippen LogP contribution in [-0.2, 0) is 17.8 Å². The average Bonchev–Trinajstić information content (AvgIpc) is 3.30. The van der Waals surface area contributed by atoms with Gasteiger partial charge in [0.2, 0.25) is 0 Å². The van der Waals surface area contributed by atoms with Gasteiger partial charge in [0, 0.05) is 38.3 Å². The molecule has 0 bridgehead atoms. The predicted octanol–water partition coefficient (Wildman–Crippen LogP) is 1.88. The van der Waals surface area contributed by atoms with E-state index in [1.807, 2.05) is 24.5 Å². The maximum atomic E-state index is 12.3. The molecule has 180 valence electrons. The molecule has 1 aromatic heterocycles. The van der Waals surface area contributed by atoms with Crippen molar-refractivity contribution in [1.82, 2.24) is 25.1 Å². The highest BCUT2D eigenvalue weighted by molar-refractivity contribution is 5.79. The molecule has 1 saturated heterocycles. The van der Waals surface area contributed by atoms with Gasteiger partial charge < -0.3 is 25.0 Å². The van der Waals surface area contributed by atoms with Crippen molar-refractivity contribution in [2.24, 2.45) is 0 Å². The van der Waals surface area contributed by atoms with Gasteiger partial charge in [-0.2, -0.15) is 0 Å². The monoisotopic (exact) mass is 463 g/mol. The van der Waals surface area contributed by atoms with Crippen LogP contribution in [0.2, 0.25) is 0 Å². The molecule has 1 amide bonds. The molecule has 34 heavy (non-hydrogen) atoms. The van der Waals surface area contributed by atoms with Gasteiger partial charge in [0.15, 0.2) is 6.61 Å². The van der Waals surface area contributed by atoms with Gasteiger partial charge in [-0.05, 0) is 55.6 Å². The van der Waals surface area contributed by atoms with Crippen LogP contribution in [0.25, 0.3) is 11.0 Å². The van der Waals surface area contributed by atoms with Crippen LogP contribution >= 0.6 is 0 Å². The SMILES string of the molecule is O=C(COc1ccc2ncn(C3CCNCC3)c2c1)NCC(O)CN1CCc2ccccc2C1. The number of hydrogen-bond donors (Lipinski definition) is 3. The molecule has 3 N–H and O–H groups in total. The zero-order chi connectivity index (χ0) is 23.3. The largest absolute Gasteiger partial charge is 0.484 e. The maximum Gasteiger partial charge on any atom is 0.258 e. The summed E-state index contributed by atoms with van der Waals surface area (Å²) in [5, 5.41) is 16.6. The van der Waals surface area contributed by atoms with Gasteiger partial charge >= 0.3 is 0 Å². The van der Waals surface area contributed by atoms with Gasteiger partial charge in [-0.3, -0.25) is 9.69 Å². The quantitative estimate of drug-likeness (QED) is 0.473. The Morgan fingerprint density at radius 2 is 2.03 bits per heavy atom. The Balaban J connectivity index is 1.09. The van der Waals surface area contributed by atoms with Crippen LogP contribution in [0.5, 0.6) is 5.75 Å². The molecule has 2 aliphatic rings. The summed E-state index contributed by atoms with van der Waals surface area (Å²) in [5.41, 5.74) is 4.66. The van der Waals surface area contributed by atoms with Gasteiger partial charge in [0.05, 0.1) is 23.5 Å². The number of carbonyl (C=O) groups is 1. The number of benzene rings is 2. The molecule has 2 aromatic carbocycles. The predicted molar refractivity (Wildman–Crippen MR) is 131 cm³/mol. The number of fused-ring (bicyclic) bond motifs is 2. The first-order valence-corrected chi connectivity index (χ1v) is 12.2. The van der Waals surface area contributed by atoms with E-state index >= 15 is 0 Å². The Morgan fingerprint density at radius 3 is 2.88 bits per heavy atom. The number of piperidine rings is 1. The van der Waals surface area contributed by atoms with Crippen molar-refractivity contribution in [1.29, 1.82) is 0 Å². The van der Waals surface area contributed by atoms with Gasteiger partial charge in [-0.15, -0.1) is 0 Å². The topological polar surface area (TPSA) is 91.6 Å². The number of hydrogen-bond acceptors (Lipinski definition) is 6. The molecular weight excluding hydrogens is 430 g/mol. The molecule has 1 fully saturated rings. The van der Waals surface area contributed by atoms with Crippen LogP contribution < -0.4 is 15.4 Å². The maximum absolute atomic E-state index is 12.3. The number of aliphatic hydroxyl groups excluding tert-OH is 1. The van der Waals surface area contributed by atoms with E-state index in [-0.39, 0.29) is 19.1 Å². The second-order valence-corrected chi connectivity index (χ2v) is 9.28. The van der Waals surface area contributed by atoms with Crippen molar-refractivity contribution in [3.63, 3.8) is 0 Å². The lowest BCUT2D eigenvalue weighted by atomic mass is 10.00. The van der Waals surface area contributed by atoms with E-state index in [9.17, 15) is 9.90 Å². The molecule has 1 atom stereocenters. The molecule has 1 unspecified atom stereocenters. The number of aromatic nitrogens is 2. The highest BCUT2D eigenvalue weighted by Gasteiger charge is 2.19. The third kappa shape index (κ3) is 5.41. The van der Waals surface area contributed by atoms with Gasteiger partial charge in [0.1, 0.15) is 5.75 Å². The first kappa shape index (κ1) is 22.8. The minimum absolute atomic E-state index is 0.0865. The summed E-state index contributed by atoms with van der Waals surface area (Å²) < 4.78 is 7.97. The van der Waals surface area contributed by atoms with E-state index in [4.69, 9.17) is 4.74 Å². The lowest BCUT2D eigenvalue weighted by Crippen LogP contribution is -2.42. The number of imidazole rings is 1. The van der Waals surface area contributed by atoms with Crippen LogP contribution in [-0.4, -0.2) is 70.9 Å². The first-order chi connectivity index (χ1) is 16.7. The summed E-state index contributed by atoms with van der Waals surface area (Å²) in [4.78, 5) is 19.1. The van der Waals surface area contributed by atoms with Gasteiger partial charge in [0.25, 0.3) is 5.91 Å². The number of nitrogens with zero attached hydrogens (tertiary/aromatic N) is 3. The summed E-state index contributed by atoms with van der Waals surface area (Å²) in [6.45, 7) is 4.43. The van der Waals surface area contributed by atoms with E-state index in [1.54, 1.807) is 0 Å². The fourth-order valence-corrected chi connectivity index (χ4v) is 4.98. The summed E-state index contributed by atoms with van der Waals surface area (Å²) in [7, 11) is 0. The first-order valence-electron chi connectivity index (χ1n) is 12.2. The normalized spacial score (nSPS) is 17.9. The molecule has 0 radical (unpaired) electrons. The Bertz CT molecular complexity index is 1120. The standard InChI is InChI=1S/C26H33N5O3/c32-22(16-30-12-9-19-3-1-2-4-20(19)15-30)14-28-26(33)17-34-23-5-6-24-25(13-23)31(18-29-24)21-7-10-27-11-8-21/h1-6,13,18,21-22,27,32H,7-12,14-17H2,(H,28,33). The van der Waals surface area contributed by atoms with Crippen molar-refractivity contribution >= 4 is 16.9 Å². The van der Waals surface area contributed by atoms with Crippen molar-refractivity contribution in [3.05, 3.63) is 59.9 Å². The highest BCUT2D eigenvalue weighted by Crippen LogP contribution is 2.27. The van der Waals surface area contributed by atoms with Crippen LogP contribution in [0.15, 0.2) is 48.8 Å². The van der Waals surface area contributed by atoms with Crippen molar-refractivity contribution in [2.75, 3.05) is 39.3 Å². The lowest BCUT2D eigenvalue weighted by molar-refractivity contribution is -0.123. The number of carbonyl (C=O) groups excluding carboxylic acids is 1. The molecule has 8 heteroatoms. The zero-order valence-corrected chi connectivity index (χ0v) is 19.4. The average molecular weight is 464 g/mol. The van der Waals surface area contributed by atoms with Crippen molar-refractivity contribution in [2.45, 2.75) is 38.0 Å². The molecule has 0 aliphatic carbocycles. The number of nitrogens with one attached hydrogen (secondary N) is 2. The van der Waals surface area contributed by atoms with Crippen LogP contribution in [0, 0.1) is 0 Å². The highest BCUT2D eigenvalue weighted by atomic mass is 16.5. The van der Waals surface area contributed by atoms with Crippen LogP contribution in [0.1, 0.15) is 30.0 Å². The fraction of sp³-hybridized carbons (Fsp3) is 0.462. The van der Waals surface area contributed by atoms with E-state index in [1.165, 1.54) is 11.1 Å².